The van der Waals surface area contributed by atoms with Gasteiger partial charge in [-0.15, -0.1) is 0 Å². The van der Waals surface area contributed by atoms with E-state index in [1.165, 1.54) is 5.56 Å². The van der Waals surface area contributed by atoms with Crippen LogP contribution in [0.15, 0.2) is 48.8 Å². The van der Waals surface area contributed by atoms with Gasteiger partial charge in [-0.25, -0.2) is 0 Å². The summed E-state index contributed by atoms with van der Waals surface area (Å²) in [5.41, 5.74) is 1.23. The van der Waals surface area contributed by atoms with Crippen molar-refractivity contribution in [2.45, 2.75) is 32.0 Å². The lowest BCUT2D eigenvalue weighted by Crippen LogP contribution is -2.37. The van der Waals surface area contributed by atoms with E-state index in [0.29, 0.717) is 13.2 Å². The van der Waals surface area contributed by atoms with Crippen LogP contribution in [-0.4, -0.2) is 39.8 Å². The first-order chi connectivity index (χ1) is 10.8. The molecule has 0 unspecified atom stereocenters. The van der Waals surface area contributed by atoms with Gasteiger partial charge in [-0.2, -0.15) is 5.10 Å². The van der Waals surface area contributed by atoms with E-state index in [1.807, 2.05) is 30.5 Å². The quantitative estimate of drug-likeness (QED) is 0.766. The van der Waals surface area contributed by atoms with Gasteiger partial charge in [0.25, 0.3) is 0 Å². The summed E-state index contributed by atoms with van der Waals surface area (Å²) in [5, 5.41) is 4.10. The molecule has 0 saturated carbocycles. The molecule has 3 rings (SSSR count). The van der Waals surface area contributed by atoms with Crippen LogP contribution in [0.2, 0.25) is 0 Å². The number of nitrogens with zero attached hydrogens (tertiary/aromatic N) is 3. The third kappa shape index (κ3) is 3.74. The fourth-order valence-electron chi connectivity index (χ4n) is 2.87. The summed E-state index contributed by atoms with van der Waals surface area (Å²) >= 11 is 0. The molecule has 5 nitrogen and oxygen atoms in total. The Morgan fingerprint density at radius 3 is 2.91 bits per heavy atom. The van der Waals surface area contributed by atoms with E-state index < -0.39 is 0 Å². The summed E-state index contributed by atoms with van der Waals surface area (Å²) in [6, 6.07) is 12.0. The van der Waals surface area contributed by atoms with Crippen LogP contribution in [0.4, 0.5) is 0 Å². The average molecular weight is 299 g/mol. The first kappa shape index (κ1) is 14.8. The standard InChI is InChI=1S/C17H21N3O2/c21-17(22-13-12-20-11-5-9-18-20)16-8-4-10-19(16)14-15-6-2-1-3-7-15/h1-3,5-7,9,11,16H,4,8,10,12-14H2/t16-/m1/s1. The monoisotopic (exact) mass is 299 g/mol. The third-order valence-corrected chi connectivity index (χ3v) is 3.99. The van der Waals surface area contributed by atoms with Crippen LogP contribution in [0.1, 0.15) is 18.4 Å². The Morgan fingerprint density at radius 1 is 1.27 bits per heavy atom. The van der Waals surface area contributed by atoms with Crippen molar-refractivity contribution in [3.05, 3.63) is 54.4 Å². The minimum absolute atomic E-state index is 0.111. The van der Waals surface area contributed by atoms with E-state index in [9.17, 15) is 4.79 Å². The van der Waals surface area contributed by atoms with Gasteiger partial charge in [0.2, 0.25) is 0 Å². The number of hydrogen-bond acceptors (Lipinski definition) is 4. The Bertz CT molecular complexity index is 583. The summed E-state index contributed by atoms with van der Waals surface area (Å²) in [6.07, 6.45) is 5.52. The topological polar surface area (TPSA) is 47.4 Å². The number of carbonyl (C=O) groups is 1. The lowest BCUT2D eigenvalue weighted by atomic mass is 10.2. The highest BCUT2D eigenvalue weighted by Gasteiger charge is 2.31. The lowest BCUT2D eigenvalue weighted by Gasteiger charge is -2.23. The summed E-state index contributed by atoms with van der Waals surface area (Å²) in [5.74, 6) is -0.111. The predicted molar refractivity (Wildman–Crippen MR) is 83.1 cm³/mol. The van der Waals surface area contributed by atoms with E-state index in [1.54, 1.807) is 10.9 Å². The molecule has 116 valence electrons. The van der Waals surface area contributed by atoms with Crippen LogP contribution in [0.25, 0.3) is 0 Å². The Kier molecular flexibility index (Phi) is 4.85. The molecule has 2 aromatic rings. The predicted octanol–water partition coefficient (Wildman–Crippen LogP) is 2.09. The summed E-state index contributed by atoms with van der Waals surface area (Å²) < 4.78 is 7.19. The normalized spacial score (nSPS) is 18.5. The highest BCUT2D eigenvalue weighted by molar-refractivity contribution is 5.76. The minimum Gasteiger partial charge on any atom is -0.463 e. The van der Waals surface area contributed by atoms with Crippen LogP contribution >= 0.6 is 0 Å². The smallest absolute Gasteiger partial charge is 0.323 e. The van der Waals surface area contributed by atoms with Gasteiger partial charge in [-0.3, -0.25) is 14.4 Å². The average Bonchev–Trinajstić information content (AvgIpc) is 3.20. The zero-order chi connectivity index (χ0) is 15.2. The van der Waals surface area contributed by atoms with Crippen LogP contribution in [0.3, 0.4) is 0 Å². The van der Waals surface area contributed by atoms with Crippen molar-refractivity contribution in [2.24, 2.45) is 0 Å². The number of benzene rings is 1. The van der Waals surface area contributed by atoms with E-state index in [-0.39, 0.29) is 12.0 Å². The number of esters is 1. The second-order valence-electron chi connectivity index (χ2n) is 5.55. The Balaban J connectivity index is 1.50. The van der Waals surface area contributed by atoms with Crippen molar-refractivity contribution < 1.29 is 9.53 Å². The molecule has 0 amide bonds. The maximum Gasteiger partial charge on any atom is 0.323 e. The molecular formula is C17H21N3O2. The summed E-state index contributed by atoms with van der Waals surface area (Å²) in [7, 11) is 0. The minimum atomic E-state index is -0.113. The van der Waals surface area contributed by atoms with Crippen molar-refractivity contribution >= 4 is 5.97 Å². The lowest BCUT2D eigenvalue weighted by molar-refractivity contribution is -0.149. The summed E-state index contributed by atoms with van der Waals surface area (Å²) in [4.78, 5) is 14.5. The van der Waals surface area contributed by atoms with Gasteiger partial charge >= 0.3 is 5.97 Å². The third-order valence-electron chi connectivity index (χ3n) is 3.99. The van der Waals surface area contributed by atoms with E-state index in [0.717, 1.165) is 25.9 Å². The number of rotatable bonds is 6. The first-order valence-corrected chi connectivity index (χ1v) is 7.75. The highest BCUT2D eigenvalue weighted by atomic mass is 16.5. The number of ether oxygens (including phenoxy) is 1. The number of likely N-dealkylation sites (tertiary alicyclic amines) is 1. The maximum atomic E-state index is 12.3. The molecule has 1 fully saturated rings. The second kappa shape index (κ2) is 7.22. The first-order valence-electron chi connectivity index (χ1n) is 7.75. The zero-order valence-corrected chi connectivity index (χ0v) is 12.6. The van der Waals surface area contributed by atoms with E-state index >= 15 is 0 Å². The van der Waals surface area contributed by atoms with Crippen molar-refractivity contribution in [1.82, 2.24) is 14.7 Å². The fraction of sp³-hybridized carbons (Fsp3) is 0.412. The number of carbonyl (C=O) groups excluding carboxylic acids is 1. The van der Waals surface area contributed by atoms with Crippen LogP contribution in [0.5, 0.6) is 0 Å². The molecule has 0 aliphatic carbocycles. The van der Waals surface area contributed by atoms with Crippen LogP contribution in [0, 0.1) is 0 Å². The van der Waals surface area contributed by atoms with Gasteiger partial charge < -0.3 is 4.74 Å². The van der Waals surface area contributed by atoms with Gasteiger partial charge in [0.15, 0.2) is 0 Å². The zero-order valence-electron chi connectivity index (χ0n) is 12.6. The highest BCUT2D eigenvalue weighted by Crippen LogP contribution is 2.21. The van der Waals surface area contributed by atoms with Crippen molar-refractivity contribution in [1.29, 1.82) is 0 Å². The SMILES string of the molecule is O=C(OCCn1cccn1)[C@H]1CCCN1Cc1ccccc1. The Morgan fingerprint density at radius 2 is 2.14 bits per heavy atom. The summed E-state index contributed by atoms with van der Waals surface area (Å²) in [6.45, 7) is 2.73. The molecule has 0 N–H and O–H groups in total. The molecule has 5 heteroatoms. The molecule has 2 heterocycles. The van der Waals surface area contributed by atoms with Crippen molar-refractivity contribution in [3.63, 3.8) is 0 Å². The molecule has 0 spiro atoms. The van der Waals surface area contributed by atoms with Crippen LogP contribution < -0.4 is 0 Å². The van der Waals surface area contributed by atoms with Crippen LogP contribution in [-0.2, 0) is 22.6 Å². The Hall–Kier alpha value is -2.14. The molecule has 0 bridgehead atoms. The molecule has 22 heavy (non-hydrogen) atoms. The molecule has 1 aromatic carbocycles. The maximum absolute atomic E-state index is 12.3. The second-order valence-corrected chi connectivity index (χ2v) is 5.55. The van der Waals surface area contributed by atoms with Gasteiger partial charge in [0.05, 0.1) is 6.54 Å². The molecule has 1 aliphatic rings. The molecule has 0 radical (unpaired) electrons. The van der Waals surface area contributed by atoms with Crippen molar-refractivity contribution in [3.8, 4) is 0 Å². The number of aromatic nitrogens is 2. The van der Waals surface area contributed by atoms with Gasteiger partial charge in [-0.05, 0) is 31.0 Å². The van der Waals surface area contributed by atoms with E-state index in [4.69, 9.17) is 4.74 Å². The molecule has 1 aromatic heterocycles. The Labute approximate surface area is 130 Å². The van der Waals surface area contributed by atoms with Gasteiger partial charge in [0, 0.05) is 18.9 Å². The molecule has 1 saturated heterocycles. The molecule has 1 atom stereocenters. The number of hydrogen-bond donors (Lipinski definition) is 0. The largest absolute Gasteiger partial charge is 0.463 e. The van der Waals surface area contributed by atoms with E-state index in [2.05, 4.69) is 22.1 Å². The molecule has 1 aliphatic heterocycles. The fourth-order valence-corrected chi connectivity index (χ4v) is 2.87. The van der Waals surface area contributed by atoms with Crippen molar-refractivity contribution in [2.75, 3.05) is 13.2 Å². The van der Waals surface area contributed by atoms with Gasteiger partial charge in [0.1, 0.15) is 12.6 Å². The van der Waals surface area contributed by atoms with Gasteiger partial charge in [-0.1, -0.05) is 30.3 Å². The molecular weight excluding hydrogens is 278 g/mol.